The topological polar surface area (TPSA) is 51.9 Å². The molecule has 1 aliphatic heterocycles. The first-order valence-electron chi connectivity index (χ1n) is 8.17. The van der Waals surface area contributed by atoms with Gasteiger partial charge in [-0.2, -0.15) is 4.98 Å². The Morgan fingerprint density at radius 2 is 1.84 bits per heavy atom. The third-order valence-corrected chi connectivity index (χ3v) is 4.82. The molecule has 6 rings (SSSR count). The molecular formula is C19H13N6+. The van der Waals surface area contributed by atoms with Crippen LogP contribution in [0.5, 0.6) is 0 Å². The minimum absolute atomic E-state index is 0.819. The van der Waals surface area contributed by atoms with Crippen LogP contribution in [0.3, 0.4) is 0 Å². The number of rotatable bonds is 1. The van der Waals surface area contributed by atoms with Crippen molar-refractivity contribution < 1.29 is 4.57 Å². The molecule has 0 aliphatic carbocycles. The van der Waals surface area contributed by atoms with Crippen LogP contribution in [0.25, 0.3) is 34.0 Å². The first kappa shape index (κ1) is 12.8. The average molecular weight is 325 g/mol. The average Bonchev–Trinajstić information content (AvgIpc) is 3.29. The monoisotopic (exact) mass is 325 g/mol. The largest absolute Gasteiger partial charge is 0.295 e. The molecule has 0 atom stereocenters. The summed E-state index contributed by atoms with van der Waals surface area (Å²) in [5.74, 6) is 1.12. The maximum absolute atomic E-state index is 4.85. The molecule has 0 unspecified atom stereocenters. The van der Waals surface area contributed by atoms with Crippen LogP contribution in [0.4, 0.5) is 0 Å². The Labute approximate surface area is 142 Å². The normalized spacial score (nSPS) is 12.6. The van der Waals surface area contributed by atoms with E-state index in [1.165, 1.54) is 5.56 Å². The van der Waals surface area contributed by atoms with Gasteiger partial charge in [0.2, 0.25) is 11.5 Å². The maximum Gasteiger partial charge on any atom is 0.295 e. The van der Waals surface area contributed by atoms with Crippen molar-refractivity contribution >= 4 is 16.9 Å². The van der Waals surface area contributed by atoms with Crippen molar-refractivity contribution in [1.82, 2.24) is 23.9 Å². The van der Waals surface area contributed by atoms with Crippen molar-refractivity contribution in [3.05, 3.63) is 72.9 Å². The lowest BCUT2D eigenvalue weighted by molar-refractivity contribution is -0.648. The van der Waals surface area contributed by atoms with E-state index in [-0.39, 0.29) is 0 Å². The van der Waals surface area contributed by atoms with E-state index in [9.17, 15) is 0 Å². The fourth-order valence-corrected chi connectivity index (χ4v) is 3.77. The van der Waals surface area contributed by atoms with Gasteiger partial charge in [0, 0.05) is 18.0 Å². The van der Waals surface area contributed by atoms with E-state index in [0.717, 1.165) is 40.6 Å². The van der Waals surface area contributed by atoms with Gasteiger partial charge in [-0.15, -0.1) is 0 Å². The van der Waals surface area contributed by atoms with Crippen molar-refractivity contribution in [2.24, 2.45) is 0 Å². The minimum Gasteiger partial charge on any atom is -0.264 e. The van der Waals surface area contributed by atoms with Crippen LogP contribution in [-0.2, 0) is 6.54 Å². The fourth-order valence-electron chi connectivity index (χ4n) is 3.77. The van der Waals surface area contributed by atoms with E-state index in [1.807, 2.05) is 24.7 Å². The molecule has 6 nitrogen and oxygen atoms in total. The van der Waals surface area contributed by atoms with Crippen LogP contribution in [0.2, 0.25) is 0 Å². The number of hydrogen-bond donors (Lipinski definition) is 0. The van der Waals surface area contributed by atoms with Gasteiger partial charge in [0.1, 0.15) is 5.69 Å². The Bertz CT molecular complexity index is 1270. The van der Waals surface area contributed by atoms with E-state index >= 15 is 0 Å². The van der Waals surface area contributed by atoms with Crippen molar-refractivity contribution in [1.29, 1.82) is 0 Å². The molecule has 0 fully saturated rings. The van der Waals surface area contributed by atoms with E-state index in [4.69, 9.17) is 4.98 Å². The molecule has 0 amide bonds. The Morgan fingerprint density at radius 1 is 0.960 bits per heavy atom. The molecule has 25 heavy (non-hydrogen) atoms. The van der Waals surface area contributed by atoms with Gasteiger partial charge >= 0.3 is 0 Å². The zero-order chi connectivity index (χ0) is 16.4. The molecule has 0 spiro atoms. The molecule has 0 N–H and O–H groups in total. The predicted molar refractivity (Wildman–Crippen MR) is 92.3 cm³/mol. The fraction of sp³-hybridized carbons (Fsp3) is 0.0526. The third kappa shape index (κ3) is 1.58. The van der Waals surface area contributed by atoms with Crippen molar-refractivity contribution in [3.63, 3.8) is 0 Å². The van der Waals surface area contributed by atoms with Crippen molar-refractivity contribution in [2.75, 3.05) is 0 Å². The molecule has 1 aromatic carbocycles. The second-order valence-corrected chi connectivity index (χ2v) is 6.18. The minimum atomic E-state index is 0.819. The number of nitrogens with zero attached hydrogens (tertiary/aromatic N) is 6. The van der Waals surface area contributed by atoms with Crippen LogP contribution in [0.1, 0.15) is 5.56 Å². The zero-order valence-electron chi connectivity index (χ0n) is 13.2. The Kier molecular flexibility index (Phi) is 2.31. The highest BCUT2D eigenvalue weighted by molar-refractivity contribution is 5.79. The summed E-state index contributed by atoms with van der Waals surface area (Å²) in [6.07, 6.45) is 9.36. The number of benzene rings is 1. The molecule has 0 radical (unpaired) electrons. The van der Waals surface area contributed by atoms with E-state index in [2.05, 4.69) is 53.8 Å². The second-order valence-electron chi connectivity index (χ2n) is 6.18. The van der Waals surface area contributed by atoms with Crippen molar-refractivity contribution in [3.8, 4) is 17.1 Å². The predicted octanol–water partition coefficient (Wildman–Crippen LogP) is 2.38. The van der Waals surface area contributed by atoms with Crippen LogP contribution >= 0.6 is 0 Å². The lowest BCUT2D eigenvalue weighted by Crippen LogP contribution is -2.32. The Morgan fingerprint density at radius 3 is 2.76 bits per heavy atom. The lowest BCUT2D eigenvalue weighted by Gasteiger charge is -2.02. The smallest absolute Gasteiger partial charge is 0.264 e. The summed E-state index contributed by atoms with van der Waals surface area (Å²) >= 11 is 0. The number of fused-ring (bicyclic) bond motifs is 7. The summed E-state index contributed by atoms with van der Waals surface area (Å²) in [5.41, 5.74) is 6.39. The van der Waals surface area contributed by atoms with Gasteiger partial charge in [-0.1, -0.05) is 18.2 Å². The number of imidazole rings is 2. The Balaban J connectivity index is 1.83. The van der Waals surface area contributed by atoms with E-state index in [0.29, 0.717) is 0 Å². The number of para-hydroxylation sites is 1. The molecule has 0 bridgehead atoms. The number of aromatic nitrogens is 6. The van der Waals surface area contributed by atoms with Gasteiger partial charge in [0.15, 0.2) is 0 Å². The van der Waals surface area contributed by atoms with Crippen LogP contribution in [-0.4, -0.2) is 23.9 Å². The highest BCUT2D eigenvalue weighted by atomic mass is 15.3. The maximum atomic E-state index is 4.85. The van der Waals surface area contributed by atoms with E-state index in [1.54, 1.807) is 12.4 Å². The highest BCUT2D eigenvalue weighted by Gasteiger charge is 2.36. The molecule has 5 heterocycles. The molecule has 118 valence electrons. The summed E-state index contributed by atoms with van der Waals surface area (Å²) in [7, 11) is 0. The standard InChI is InChI=1S/C19H13N6/c1-2-4-14(5-3-1)25-17-19(23-9-8-21-11-16(23)22-17)24-12-13-6-7-20-10-15(13)18(24)25/h1-11H,12H2/q+1. The molecule has 0 saturated heterocycles. The lowest BCUT2D eigenvalue weighted by atomic mass is 10.2. The molecule has 4 aromatic heterocycles. The number of pyridine rings is 1. The summed E-state index contributed by atoms with van der Waals surface area (Å²) < 4.78 is 6.63. The molecule has 1 aliphatic rings. The first-order chi connectivity index (χ1) is 12.4. The van der Waals surface area contributed by atoms with Gasteiger partial charge < -0.3 is 0 Å². The summed E-state index contributed by atoms with van der Waals surface area (Å²) in [4.78, 5) is 13.4. The zero-order valence-corrected chi connectivity index (χ0v) is 13.2. The van der Waals surface area contributed by atoms with Gasteiger partial charge in [-0.25, -0.2) is 13.5 Å². The summed E-state index contributed by atoms with van der Waals surface area (Å²) in [6.45, 7) is 0.819. The van der Waals surface area contributed by atoms with Crippen molar-refractivity contribution in [2.45, 2.75) is 6.54 Å². The van der Waals surface area contributed by atoms with Gasteiger partial charge in [0.25, 0.3) is 11.3 Å². The van der Waals surface area contributed by atoms with E-state index < -0.39 is 0 Å². The number of hydrogen-bond acceptors (Lipinski definition) is 3. The second kappa shape index (κ2) is 4.51. The summed E-state index contributed by atoms with van der Waals surface area (Å²) in [5, 5.41) is 0. The molecule has 0 saturated carbocycles. The van der Waals surface area contributed by atoms with Gasteiger partial charge in [-0.05, 0) is 18.2 Å². The molecular weight excluding hydrogens is 312 g/mol. The quantitative estimate of drug-likeness (QED) is 0.436. The van der Waals surface area contributed by atoms with Gasteiger partial charge in [0.05, 0.1) is 30.7 Å². The molecule has 5 aromatic rings. The van der Waals surface area contributed by atoms with Crippen LogP contribution in [0, 0.1) is 0 Å². The first-order valence-corrected chi connectivity index (χ1v) is 8.17. The third-order valence-electron chi connectivity index (χ3n) is 4.82. The highest BCUT2D eigenvalue weighted by Crippen LogP contribution is 2.33. The SMILES string of the molecule is c1ccc(-n2c3[n+](c4c2nc2cnccn24)Cc2ccncc2-3)cc1. The summed E-state index contributed by atoms with van der Waals surface area (Å²) in [6, 6.07) is 12.4. The van der Waals surface area contributed by atoms with Crippen LogP contribution < -0.4 is 4.57 Å². The molecule has 6 heteroatoms. The van der Waals surface area contributed by atoms with Gasteiger partial charge in [-0.3, -0.25) is 9.97 Å². The van der Waals surface area contributed by atoms with Crippen LogP contribution in [0.15, 0.2) is 67.4 Å². The Hall–Kier alpha value is -3.54.